The highest BCUT2D eigenvalue weighted by molar-refractivity contribution is 7.92. The number of ether oxygens (including phenoxy) is 1. The first-order valence-electron chi connectivity index (χ1n) is 25.6. The number of Topliss-reactive ketones (excluding diaryl/α,β-unsaturated/α-hetero) is 2. The van der Waals surface area contributed by atoms with Gasteiger partial charge in [-0.05, 0) is 93.5 Å². The molecule has 5 atom stereocenters. The Balaban J connectivity index is 0.000000179. The third kappa shape index (κ3) is 11.6. The molecule has 24 heteroatoms. The van der Waals surface area contributed by atoms with Crippen LogP contribution in [0.15, 0.2) is 78.3 Å². The molecule has 11 rings (SSSR count). The number of nitrogens with zero attached hydrogens (tertiary/aromatic N) is 11. The van der Waals surface area contributed by atoms with Crippen molar-refractivity contribution in [3.05, 3.63) is 96.2 Å². The molecule has 3 unspecified atom stereocenters. The van der Waals surface area contributed by atoms with Gasteiger partial charge in [-0.1, -0.05) is 12.1 Å². The molecule has 78 heavy (non-hydrogen) atoms. The first-order chi connectivity index (χ1) is 37.0. The van der Waals surface area contributed by atoms with Crippen LogP contribution in [0.3, 0.4) is 0 Å². The molecule has 20 nitrogen and oxygen atoms in total. The van der Waals surface area contributed by atoms with Crippen LogP contribution >= 0.6 is 0 Å². The minimum Gasteiger partial charge on any atom is -0.358 e. The summed E-state index contributed by atoms with van der Waals surface area (Å²) in [5.41, 5.74) is 10.8. The molecule has 0 radical (unpaired) electrons. The van der Waals surface area contributed by atoms with Gasteiger partial charge in [-0.25, -0.2) is 35.6 Å². The molecule has 0 spiro atoms. The summed E-state index contributed by atoms with van der Waals surface area (Å²) in [5, 5.41) is 15.2. The number of aliphatic imine (C=N–C) groups is 1. The third-order valence-electron chi connectivity index (χ3n) is 14.4. The number of anilines is 6. The number of sulfonamides is 2. The van der Waals surface area contributed by atoms with Crippen molar-refractivity contribution in [1.82, 2.24) is 39.1 Å². The molecule has 1 saturated heterocycles. The number of aryl methyl sites for hydroxylation is 3. The SMILES string of the molecule is CC1=Nc2c(Nc3ccc(-c4cnn(C)c4)cc3N(C)S(C)(=O)=O)cc(CC(=O)C3C[C@@H]3F)nc2C1.Cc1nc2c(Nc3ccc(-c4cnn(C)c4)cc3N(C)S(C)(=O)=O)cc(CC(=O)C3C[C@@H]3F)nc2n1C1CCCCO1. The highest BCUT2D eigenvalue weighted by Gasteiger charge is 2.44. The third-order valence-corrected chi connectivity index (χ3v) is 16.8. The first kappa shape index (κ1) is 53.9. The Kier molecular flexibility index (Phi) is 14.6. The van der Waals surface area contributed by atoms with Crippen LogP contribution in [-0.4, -0.2) is 119 Å². The minimum absolute atomic E-state index is 0.0124. The van der Waals surface area contributed by atoms with E-state index in [4.69, 9.17) is 14.7 Å². The molecule has 4 aliphatic rings. The second-order valence-electron chi connectivity index (χ2n) is 20.6. The zero-order valence-corrected chi connectivity index (χ0v) is 46.2. The van der Waals surface area contributed by atoms with Crippen molar-refractivity contribution in [1.29, 1.82) is 0 Å². The molecule has 2 N–H and O–H groups in total. The fraction of sp³-hybridized carbons (Fsp3) is 0.407. The van der Waals surface area contributed by atoms with Gasteiger partial charge in [-0.2, -0.15) is 10.2 Å². The molecular weight excluding hydrogens is 1040 g/mol. The van der Waals surface area contributed by atoms with Gasteiger partial charge in [0, 0.05) is 83.3 Å². The highest BCUT2D eigenvalue weighted by Crippen LogP contribution is 2.43. The Morgan fingerprint density at radius 1 is 0.705 bits per heavy atom. The average molecular weight is 1110 g/mol. The van der Waals surface area contributed by atoms with Gasteiger partial charge in [-0.3, -0.25) is 42.1 Å². The molecule has 2 aliphatic heterocycles. The topological polar surface area (TPSA) is 234 Å². The Morgan fingerprint density at radius 3 is 1.69 bits per heavy atom. The van der Waals surface area contributed by atoms with Crippen LogP contribution < -0.4 is 19.2 Å². The maximum atomic E-state index is 13.7. The molecule has 2 aromatic carbocycles. The number of fused-ring (bicyclic) bond motifs is 2. The minimum atomic E-state index is -3.61. The number of carbonyl (C=O) groups is 2. The summed E-state index contributed by atoms with van der Waals surface area (Å²) in [5.74, 6) is -0.751. The zero-order valence-electron chi connectivity index (χ0n) is 44.5. The fourth-order valence-corrected chi connectivity index (χ4v) is 10.8. The van der Waals surface area contributed by atoms with Crippen molar-refractivity contribution in [3.8, 4) is 22.3 Å². The second kappa shape index (κ2) is 21.1. The van der Waals surface area contributed by atoms with Crippen molar-refractivity contribution in [2.24, 2.45) is 30.9 Å². The quantitative estimate of drug-likeness (QED) is 0.0875. The predicted molar refractivity (Wildman–Crippen MR) is 296 cm³/mol. The molecule has 7 aromatic rings. The molecule has 7 heterocycles. The Hall–Kier alpha value is -7.44. The first-order valence-corrected chi connectivity index (χ1v) is 29.3. The number of rotatable bonds is 17. The lowest BCUT2D eigenvalue weighted by molar-refractivity contribution is -0.120. The van der Waals surface area contributed by atoms with Crippen molar-refractivity contribution >= 4 is 88.3 Å². The van der Waals surface area contributed by atoms with Gasteiger partial charge in [0.1, 0.15) is 47.2 Å². The number of ketones is 2. The van der Waals surface area contributed by atoms with Gasteiger partial charge in [-0.15, -0.1) is 0 Å². The van der Waals surface area contributed by atoms with E-state index in [0.29, 0.717) is 81.2 Å². The number of halogens is 2. The van der Waals surface area contributed by atoms with E-state index in [0.717, 1.165) is 65.4 Å². The van der Waals surface area contributed by atoms with Gasteiger partial charge in [0.15, 0.2) is 5.65 Å². The van der Waals surface area contributed by atoms with E-state index >= 15 is 0 Å². The average Bonchev–Trinajstić information content (AvgIpc) is 4.02. The number of imidazole rings is 1. The van der Waals surface area contributed by atoms with E-state index in [-0.39, 0.29) is 43.5 Å². The van der Waals surface area contributed by atoms with Gasteiger partial charge >= 0.3 is 0 Å². The van der Waals surface area contributed by atoms with Gasteiger partial charge < -0.3 is 15.4 Å². The van der Waals surface area contributed by atoms with Crippen LogP contribution in [-0.2, 0) is 67.7 Å². The van der Waals surface area contributed by atoms with Crippen molar-refractivity contribution in [2.45, 2.75) is 83.8 Å². The Morgan fingerprint density at radius 2 is 1.22 bits per heavy atom. The summed E-state index contributed by atoms with van der Waals surface area (Å²) in [6, 6.07) is 14.4. The summed E-state index contributed by atoms with van der Waals surface area (Å²) in [6.45, 7) is 4.43. The lowest BCUT2D eigenvalue weighted by atomic mass is 10.1. The predicted octanol–water partition coefficient (Wildman–Crippen LogP) is 8.19. The van der Waals surface area contributed by atoms with Crippen LogP contribution in [0.5, 0.6) is 0 Å². The van der Waals surface area contributed by atoms with Crippen molar-refractivity contribution < 1.29 is 39.9 Å². The molecular formula is C54H61F2N13O7S2. The normalized spacial score (nSPS) is 19.6. The molecule has 410 valence electrons. The highest BCUT2D eigenvalue weighted by atomic mass is 32.2. The number of pyridine rings is 2. The van der Waals surface area contributed by atoms with E-state index in [9.17, 15) is 35.2 Å². The van der Waals surface area contributed by atoms with E-state index in [1.54, 1.807) is 52.1 Å². The smallest absolute Gasteiger partial charge is 0.232 e. The molecule has 5 aromatic heterocycles. The standard InChI is InChI=1S/C29H34FN7O4S.C25H27FN6O3S/c1-17-32-28-24(34-23-9-8-18(19-15-31-35(2)16-19)11-25(23)36(3)42(4,39)40)12-20(13-26(38)21-14-22(21)30)33-29(28)37(17)27-7-5-6-10-41-27;1-14-7-21-25(28-14)22(9-17(29-21)10-24(33)18-11-19(18)26)30-20-6-5-15(16-12-27-31(2)13-16)8-23(20)32(3)36(4,34)35/h8-9,11-12,15-16,21-22,27H,5-7,10,13-14H2,1-4H3,(H,33,34);5-6,8-9,12-13,18-19H,7,10-11H2,1-4H3,(H,29,30)/t21?,22-,27?;18?,19-/m00/s1. The molecule has 2 aliphatic carbocycles. The number of carbonyl (C=O) groups excluding carboxylic acids is 2. The monoisotopic (exact) mass is 1110 g/mol. The van der Waals surface area contributed by atoms with Crippen LogP contribution in [0.1, 0.15) is 68.2 Å². The van der Waals surface area contributed by atoms with Crippen LogP contribution in [0, 0.1) is 18.8 Å². The number of alkyl halides is 2. The molecule has 3 fully saturated rings. The Bertz CT molecular complexity index is 3780. The number of hydrogen-bond donors (Lipinski definition) is 2. The van der Waals surface area contributed by atoms with Crippen molar-refractivity contribution in [2.75, 3.05) is 52.5 Å². The van der Waals surface area contributed by atoms with E-state index in [2.05, 4.69) is 30.8 Å². The van der Waals surface area contributed by atoms with E-state index < -0.39 is 44.2 Å². The summed E-state index contributed by atoms with van der Waals surface area (Å²) < 4.78 is 91.2. The van der Waals surface area contributed by atoms with Gasteiger partial charge in [0.05, 0.1) is 87.9 Å². The Labute approximate surface area is 451 Å². The van der Waals surface area contributed by atoms with Crippen molar-refractivity contribution in [3.63, 3.8) is 0 Å². The summed E-state index contributed by atoms with van der Waals surface area (Å²) >= 11 is 0. The zero-order chi connectivity index (χ0) is 55.5. The largest absolute Gasteiger partial charge is 0.358 e. The lowest BCUT2D eigenvalue weighted by Gasteiger charge is -2.25. The molecule has 0 bridgehead atoms. The fourth-order valence-electron chi connectivity index (χ4n) is 9.79. The molecule has 0 amide bonds. The number of benzene rings is 2. The second-order valence-corrected chi connectivity index (χ2v) is 24.7. The maximum Gasteiger partial charge on any atom is 0.232 e. The van der Waals surface area contributed by atoms with E-state index in [1.165, 1.54) is 22.7 Å². The maximum absolute atomic E-state index is 13.7. The van der Waals surface area contributed by atoms with Crippen LogP contribution in [0.25, 0.3) is 33.4 Å². The van der Waals surface area contributed by atoms with E-state index in [1.807, 2.05) is 63.1 Å². The van der Waals surface area contributed by atoms with Crippen LogP contribution in [0.4, 0.5) is 48.6 Å². The molecule has 2 saturated carbocycles. The van der Waals surface area contributed by atoms with Crippen LogP contribution in [0.2, 0.25) is 0 Å². The summed E-state index contributed by atoms with van der Waals surface area (Å²) in [4.78, 5) is 44.1. The van der Waals surface area contributed by atoms with Gasteiger partial charge in [0.25, 0.3) is 0 Å². The number of nitrogens with one attached hydrogen (secondary N) is 2. The summed E-state index contributed by atoms with van der Waals surface area (Å²) in [6.07, 6.45) is 11.0. The summed E-state index contributed by atoms with van der Waals surface area (Å²) in [7, 11) is -0.553. The number of hydrogen-bond acceptors (Lipinski definition) is 15. The van der Waals surface area contributed by atoms with Gasteiger partial charge in [0.2, 0.25) is 20.0 Å². The lowest BCUT2D eigenvalue weighted by Crippen LogP contribution is -2.25. The number of aromatic nitrogens is 8.